The first kappa shape index (κ1) is 37.0. The van der Waals surface area contributed by atoms with Gasteiger partial charge in [0, 0.05) is 0 Å². The molecule has 0 spiro atoms. The Labute approximate surface area is 271 Å². The topological polar surface area (TPSA) is 196 Å². The van der Waals surface area contributed by atoms with Crippen LogP contribution in [-0.2, 0) is 30.7 Å². The molecule has 3 unspecified atom stereocenters. The lowest BCUT2D eigenvalue weighted by Crippen LogP contribution is -2.50. The molecule has 2 heterocycles. The number of cyclic esters (lactones) is 1. The Balaban J connectivity index is 1.59. The Morgan fingerprint density at radius 3 is 2.48 bits per heavy atom. The summed E-state index contributed by atoms with van der Waals surface area (Å²) in [4.78, 5) is 38.5. The van der Waals surface area contributed by atoms with Crippen LogP contribution in [0, 0.1) is 11.3 Å². The zero-order chi connectivity index (χ0) is 33.9. The number of ether oxygens (including phenoxy) is 3. The number of carbonyl (C=O) groups is 3. The number of amidine groups is 1. The monoisotopic (exact) mass is 667 g/mol. The zero-order valence-electron chi connectivity index (χ0n) is 27.2. The lowest BCUT2D eigenvalue weighted by molar-refractivity contribution is -0.138. The van der Waals surface area contributed by atoms with Gasteiger partial charge in [0.15, 0.2) is 6.10 Å². The molecule has 0 radical (unpaired) electrons. The third-order valence-electron chi connectivity index (χ3n) is 7.74. The van der Waals surface area contributed by atoms with Crippen LogP contribution in [-0.4, -0.2) is 98.2 Å². The first-order valence-electron chi connectivity index (χ1n) is 15.9. The standard InChI is InChI=1S/C31H49N5O9S/c1-5-6-17-46(41,42)35-25(28(37)38)18-22-7-10-23(11-8-22)43-20-24-19-36(30(40)44-24)26(12-9-21-13-15-33-16-14-21)27(32)34-29(39)45-31(2,3)4/h7-8,10-11,21,24-26,33,35H,5-6,9,12-20H2,1-4H3,(H,37,38)(H2,32,34,39). The summed E-state index contributed by atoms with van der Waals surface area (Å²) < 4.78 is 43.4. The maximum Gasteiger partial charge on any atom is 0.413 e. The molecule has 14 nitrogen and oxygen atoms in total. The zero-order valence-corrected chi connectivity index (χ0v) is 28.0. The minimum Gasteiger partial charge on any atom is -0.490 e. The van der Waals surface area contributed by atoms with Crippen molar-refractivity contribution < 1.29 is 42.1 Å². The van der Waals surface area contributed by atoms with E-state index in [9.17, 15) is 27.9 Å². The van der Waals surface area contributed by atoms with Gasteiger partial charge in [-0.15, -0.1) is 0 Å². The van der Waals surface area contributed by atoms with Gasteiger partial charge in [0.05, 0.1) is 18.3 Å². The summed E-state index contributed by atoms with van der Waals surface area (Å²) in [6, 6.07) is 4.57. The number of hydrogen-bond acceptors (Lipinski definition) is 10. The fraction of sp³-hybridized carbons (Fsp3) is 0.677. The van der Waals surface area contributed by atoms with E-state index in [0.717, 1.165) is 32.4 Å². The van der Waals surface area contributed by atoms with Gasteiger partial charge >= 0.3 is 18.2 Å². The number of benzene rings is 1. The van der Waals surface area contributed by atoms with E-state index in [1.165, 1.54) is 4.90 Å². The van der Waals surface area contributed by atoms with E-state index in [0.29, 0.717) is 36.5 Å². The predicted molar refractivity (Wildman–Crippen MR) is 172 cm³/mol. The Bertz CT molecular complexity index is 1290. The molecule has 1 aromatic carbocycles. The average molecular weight is 668 g/mol. The molecule has 5 N–H and O–H groups in total. The van der Waals surface area contributed by atoms with Crippen LogP contribution in [0.4, 0.5) is 9.59 Å². The fourth-order valence-corrected chi connectivity index (χ4v) is 6.74. The van der Waals surface area contributed by atoms with E-state index < -0.39 is 52.0 Å². The molecule has 46 heavy (non-hydrogen) atoms. The predicted octanol–water partition coefficient (Wildman–Crippen LogP) is 3.25. The number of nitrogens with one attached hydrogen (secondary N) is 4. The summed E-state index contributed by atoms with van der Waals surface area (Å²) in [6.07, 6.45) is 2.35. The van der Waals surface area contributed by atoms with Gasteiger partial charge in [-0.2, -0.15) is 0 Å². The van der Waals surface area contributed by atoms with Crippen molar-refractivity contribution in [2.45, 2.75) is 96.4 Å². The molecule has 2 saturated heterocycles. The minimum absolute atomic E-state index is 0.0322. The lowest BCUT2D eigenvalue weighted by Gasteiger charge is -2.30. The van der Waals surface area contributed by atoms with Crippen molar-refractivity contribution in [2.75, 3.05) is 32.0 Å². The molecule has 258 valence electrons. The molecule has 2 fully saturated rings. The normalized spacial score (nSPS) is 18.8. The average Bonchev–Trinajstić information content (AvgIpc) is 3.34. The van der Waals surface area contributed by atoms with E-state index in [1.807, 2.05) is 6.92 Å². The first-order valence-corrected chi connectivity index (χ1v) is 17.5. The largest absolute Gasteiger partial charge is 0.490 e. The Morgan fingerprint density at radius 1 is 1.20 bits per heavy atom. The number of carbonyl (C=O) groups excluding carboxylic acids is 2. The maximum atomic E-state index is 13.0. The molecule has 2 amide bonds. The molecule has 2 aliphatic rings. The fourth-order valence-electron chi connectivity index (χ4n) is 5.34. The highest BCUT2D eigenvalue weighted by atomic mass is 32.2. The van der Waals surface area contributed by atoms with Crippen LogP contribution in [0.1, 0.15) is 71.8 Å². The van der Waals surface area contributed by atoms with Crippen molar-refractivity contribution in [3.8, 4) is 5.75 Å². The minimum atomic E-state index is -3.72. The third kappa shape index (κ3) is 12.4. The van der Waals surface area contributed by atoms with Crippen LogP contribution in [0.3, 0.4) is 0 Å². The molecule has 0 aliphatic carbocycles. The molecule has 0 saturated carbocycles. The summed E-state index contributed by atoms with van der Waals surface area (Å²) in [5, 5.41) is 24.0. The Morgan fingerprint density at radius 2 is 1.87 bits per heavy atom. The van der Waals surface area contributed by atoms with Crippen molar-refractivity contribution in [1.29, 1.82) is 5.41 Å². The van der Waals surface area contributed by atoms with Crippen LogP contribution >= 0.6 is 0 Å². The van der Waals surface area contributed by atoms with Gasteiger partial charge in [-0.05, 0) is 96.0 Å². The van der Waals surface area contributed by atoms with E-state index in [4.69, 9.17) is 19.6 Å². The number of nitrogens with zero attached hydrogens (tertiary/aromatic N) is 1. The SMILES string of the molecule is CCCCS(=O)(=O)NC(Cc1ccc(OCC2CN(C(CCC3CCNCC3)C(=N)NC(=O)OC(C)(C)C)C(=O)O2)cc1)C(=O)O. The van der Waals surface area contributed by atoms with Crippen LogP contribution in [0.15, 0.2) is 24.3 Å². The molecule has 15 heteroatoms. The molecule has 2 aliphatic heterocycles. The molecular weight excluding hydrogens is 618 g/mol. The summed E-state index contributed by atoms with van der Waals surface area (Å²) in [5.41, 5.74) is -0.143. The summed E-state index contributed by atoms with van der Waals surface area (Å²) in [7, 11) is -3.72. The van der Waals surface area contributed by atoms with Crippen LogP contribution in [0.25, 0.3) is 0 Å². The van der Waals surface area contributed by atoms with Crippen LogP contribution in [0.5, 0.6) is 5.75 Å². The lowest BCUT2D eigenvalue weighted by atomic mass is 9.91. The second-order valence-corrected chi connectivity index (χ2v) is 14.7. The number of hydrogen-bond donors (Lipinski definition) is 5. The van der Waals surface area contributed by atoms with Crippen molar-refractivity contribution in [3.63, 3.8) is 0 Å². The summed E-state index contributed by atoms with van der Waals surface area (Å²) in [6.45, 7) is 9.08. The van der Waals surface area contributed by atoms with Gasteiger partial charge in [-0.3, -0.25) is 20.4 Å². The third-order valence-corrected chi connectivity index (χ3v) is 9.21. The molecule has 1 aromatic rings. The highest BCUT2D eigenvalue weighted by molar-refractivity contribution is 7.89. The molecular formula is C31H49N5O9S. The van der Waals surface area contributed by atoms with Gasteiger partial charge in [0.2, 0.25) is 10.0 Å². The van der Waals surface area contributed by atoms with E-state index in [2.05, 4.69) is 15.4 Å². The van der Waals surface area contributed by atoms with Crippen molar-refractivity contribution in [1.82, 2.24) is 20.3 Å². The second kappa shape index (κ2) is 16.9. The number of carboxylic acids is 1. The smallest absolute Gasteiger partial charge is 0.413 e. The Kier molecular flexibility index (Phi) is 13.6. The quantitative estimate of drug-likeness (QED) is 0.129. The number of carboxylic acid groups (broad SMARTS) is 1. The Hall–Kier alpha value is -3.43. The molecule has 0 aromatic heterocycles. The number of unbranched alkanes of at least 4 members (excludes halogenated alkanes) is 1. The number of alkyl carbamates (subject to hydrolysis) is 1. The van der Waals surface area contributed by atoms with Crippen molar-refractivity contribution in [3.05, 3.63) is 29.8 Å². The van der Waals surface area contributed by atoms with Gasteiger partial charge in [-0.1, -0.05) is 25.5 Å². The first-order chi connectivity index (χ1) is 21.7. The van der Waals surface area contributed by atoms with E-state index in [-0.39, 0.29) is 31.2 Å². The number of aliphatic carboxylic acids is 1. The van der Waals surface area contributed by atoms with Crippen molar-refractivity contribution in [2.24, 2.45) is 5.92 Å². The van der Waals surface area contributed by atoms with Crippen LogP contribution < -0.4 is 20.1 Å². The number of sulfonamides is 1. The van der Waals surface area contributed by atoms with Gasteiger partial charge in [-0.25, -0.2) is 22.7 Å². The highest BCUT2D eigenvalue weighted by Crippen LogP contribution is 2.25. The summed E-state index contributed by atoms with van der Waals surface area (Å²) >= 11 is 0. The van der Waals surface area contributed by atoms with E-state index >= 15 is 0 Å². The maximum absolute atomic E-state index is 13.0. The van der Waals surface area contributed by atoms with Crippen LogP contribution in [0.2, 0.25) is 0 Å². The number of rotatable bonds is 16. The van der Waals surface area contributed by atoms with Crippen molar-refractivity contribution >= 4 is 34.0 Å². The van der Waals surface area contributed by atoms with E-state index in [1.54, 1.807) is 45.0 Å². The number of piperidine rings is 1. The molecule has 3 atom stereocenters. The number of amides is 2. The summed E-state index contributed by atoms with van der Waals surface area (Å²) in [5.74, 6) is -0.633. The molecule has 3 rings (SSSR count). The van der Waals surface area contributed by atoms with Gasteiger partial charge < -0.3 is 24.6 Å². The second-order valence-electron chi connectivity index (χ2n) is 12.8. The van der Waals surface area contributed by atoms with Gasteiger partial charge in [0.1, 0.15) is 29.8 Å². The van der Waals surface area contributed by atoms with Gasteiger partial charge in [0.25, 0.3) is 0 Å². The molecule has 0 bridgehead atoms. The highest BCUT2D eigenvalue weighted by Gasteiger charge is 2.39.